The first-order valence-electron chi connectivity index (χ1n) is 9.86. The van der Waals surface area contributed by atoms with Gasteiger partial charge in [-0.1, -0.05) is 0 Å². The Morgan fingerprint density at radius 2 is 2.07 bits per heavy atom. The van der Waals surface area contributed by atoms with Gasteiger partial charge in [-0.15, -0.1) is 0 Å². The van der Waals surface area contributed by atoms with Gasteiger partial charge >= 0.3 is 0 Å². The highest BCUT2D eigenvalue weighted by molar-refractivity contribution is 5.78. The molecular weight excluding hydrogens is 346 g/mol. The standard InChI is InChI=1S/C19H27N5O3/c1-14-21-17(10-20)19(27-14)23-7-5-22(6-8-23)18(25)12-24(16-2-3-16)11-15-4-9-26-13-15/h15-16H,2-9,11-13H2,1H3. The number of anilines is 1. The van der Waals surface area contributed by atoms with Crippen molar-refractivity contribution in [2.45, 2.75) is 32.2 Å². The van der Waals surface area contributed by atoms with Crippen molar-refractivity contribution in [1.29, 1.82) is 5.26 Å². The van der Waals surface area contributed by atoms with Gasteiger partial charge in [-0.3, -0.25) is 9.69 Å². The van der Waals surface area contributed by atoms with Crippen LogP contribution < -0.4 is 4.90 Å². The van der Waals surface area contributed by atoms with E-state index in [9.17, 15) is 10.1 Å². The van der Waals surface area contributed by atoms with Gasteiger partial charge in [0.05, 0.1) is 13.2 Å². The average Bonchev–Trinajstić information content (AvgIpc) is 3.27. The number of ether oxygens (including phenoxy) is 1. The van der Waals surface area contributed by atoms with Gasteiger partial charge in [-0.25, -0.2) is 4.98 Å². The van der Waals surface area contributed by atoms with Crippen molar-refractivity contribution in [2.24, 2.45) is 5.92 Å². The maximum Gasteiger partial charge on any atom is 0.236 e. The Bertz CT molecular complexity index is 709. The molecule has 3 heterocycles. The summed E-state index contributed by atoms with van der Waals surface area (Å²) < 4.78 is 11.1. The minimum atomic E-state index is 0.203. The lowest BCUT2D eigenvalue weighted by atomic mass is 10.1. The largest absolute Gasteiger partial charge is 0.424 e. The van der Waals surface area contributed by atoms with Gasteiger partial charge in [0.2, 0.25) is 17.5 Å². The zero-order valence-corrected chi connectivity index (χ0v) is 15.9. The second kappa shape index (κ2) is 7.87. The molecule has 3 fully saturated rings. The third kappa shape index (κ3) is 4.25. The van der Waals surface area contributed by atoms with Gasteiger partial charge in [0.25, 0.3) is 0 Å². The van der Waals surface area contributed by atoms with Crippen molar-refractivity contribution in [2.75, 3.05) is 57.4 Å². The van der Waals surface area contributed by atoms with E-state index < -0.39 is 0 Å². The quantitative estimate of drug-likeness (QED) is 0.735. The number of nitrogens with zero attached hydrogens (tertiary/aromatic N) is 5. The molecule has 1 aromatic rings. The summed E-state index contributed by atoms with van der Waals surface area (Å²) in [5, 5.41) is 9.20. The number of hydrogen-bond donors (Lipinski definition) is 0. The molecule has 0 N–H and O–H groups in total. The minimum Gasteiger partial charge on any atom is -0.424 e. The average molecular weight is 373 g/mol. The van der Waals surface area contributed by atoms with Crippen LogP contribution in [0.25, 0.3) is 0 Å². The molecule has 1 amide bonds. The number of nitriles is 1. The molecule has 8 heteroatoms. The van der Waals surface area contributed by atoms with E-state index in [0.717, 1.165) is 26.2 Å². The first-order valence-corrected chi connectivity index (χ1v) is 9.86. The van der Waals surface area contributed by atoms with Crippen molar-refractivity contribution in [3.63, 3.8) is 0 Å². The minimum absolute atomic E-state index is 0.203. The van der Waals surface area contributed by atoms with Gasteiger partial charge in [-0.2, -0.15) is 5.26 Å². The van der Waals surface area contributed by atoms with Crippen LogP contribution >= 0.6 is 0 Å². The summed E-state index contributed by atoms with van der Waals surface area (Å²) in [6, 6.07) is 2.66. The summed E-state index contributed by atoms with van der Waals surface area (Å²) in [4.78, 5) is 23.2. The summed E-state index contributed by atoms with van der Waals surface area (Å²) in [5.41, 5.74) is 0.325. The van der Waals surface area contributed by atoms with Crippen LogP contribution in [0.2, 0.25) is 0 Å². The Morgan fingerprint density at radius 3 is 2.70 bits per heavy atom. The lowest BCUT2D eigenvalue weighted by Gasteiger charge is -2.36. The van der Waals surface area contributed by atoms with Crippen molar-refractivity contribution >= 4 is 11.8 Å². The van der Waals surface area contributed by atoms with Crippen LogP contribution in [0.3, 0.4) is 0 Å². The summed E-state index contributed by atoms with van der Waals surface area (Å²) in [5.74, 6) is 1.79. The number of hydrogen-bond acceptors (Lipinski definition) is 7. The zero-order valence-electron chi connectivity index (χ0n) is 15.9. The lowest BCUT2D eigenvalue weighted by Crippen LogP contribution is -2.52. The third-order valence-electron chi connectivity index (χ3n) is 5.66. The topological polar surface area (TPSA) is 85.8 Å². The number of aryl methyl sites for hydroxylation is 1. The highest BCUT2D eigenvalue weighted by atomic mass is 16.5. The van der Waals surface area contributed by atoms with E-state index in [4.69, 9.17) is 9.15 Å². The van der Waals surface area contributed by atoms with E-state index in [1.165, 1.54) is 12.8 Å². The fraction of sp³-hybridized carbons (Fsp3) is 0.737. The Morgan fingerprint density at radius 1 is 1.30 bits per heavy atom. The van der Waals surface area contributed by atoms with Gasteiger partial charge < -0.3 is 19.0 Å². The maximum absolute atomic E-state index is 12.8. The molecule has 1 atom stereocenters. The molecule has 1 saturated carbocycles. The smallest absolute Gasteiger partial charge is 0.236 e. The fourth-order valence-electron chi connectivity index (χ4n) is 3.98. The van der Waals surface area contributed by atoms with Crippen LogP contribution in [0.1, 0.15) is 30.8 Å². The number of piperazine rings is 1. The number of rotatable bonds is 6. The number of oxazole rings is 1. The SMILES string of the molecule is Cc1nc(C#N)c(N2CCN(C(=O)CN(CC3CCOC3)C3CC3)CC2)o1. The van der Waals surface area contributed by atoms with Crippen LogP contribution in [-0.4, -0.2) is 79.2 Å². The van der Waals surface area contributed by atoms with E-state index in [2.05, 4.69) is 16.0 Å². The highest BCUT2D eigenvalue weighted by Crippen LogP contribution is 2.29. The summed E-state index contributed by atoms with van der Waals surface area (Å²) in [6.07, 6.45) is 3.51. The monoisotopic (exact) mass is 373 g/mol. The first-order chi connectivity index (χ1) is 13.1. The van der Waals surface area contributed by atoms with Crippen molar-refractivity contribution in [3.8, 4) is 6.07 Å². The molecule has 2 aliphatic heterocycles. The van der Waals surface area contributed by atoms with E-state index in [-0.39, 0.29) is 5.91 Å². The molecule has 0 radical (unpaired) electrons. The predicted octanol–water partition coefficient (Wildman–Crippen LogP) is 1.00. The molecular formula is C19H27N5O3. The van der Waals surface area contributed by atoms with Crippen molar-refractivity contribution < 1.29 is 13.9 Å². The highest BCUT2D eigenvalue weighted by Gasteiger charge is 2.34. The number of carbonyl (C=O) groups excluding carboxylic acids is 1. The van der Waals surface area contributed by atoms with Gasteiger partial charge in [0.1, 0.15) is 6.07 Å². The normalized spacial score (nSPS) is 23.1. The van der Waals surface area contributed by atoms with Crippen molar-refractivity contribution in [3.05, 3.63) is 11.6 Å². The molecule has 8 nitrogen and oxygen atoms in total. The van der Waals surface area contributed by atoms with Crippen molar-refractivity contribution in [1.82, 2.24) is 14.8 Å². The molecule has 0 bridgehead atoms. The third-order valence-corrected chi connectivity index (χ3v) is 5.66. The van der Waals surface area contributed by atoms with Crippen LogP contribution in [0, 0.1) is 24.2 Å². The van der Waals surface area contributed by atoms with E-state index in [1.54, 1.807) is 6.92 Å². The second-order valence-corrected chi connectivity index (χ2v) is 7.76. The number of aromatic nitrogens is 1. The fourth-order valence-corrected chi connectivity index (χ4v) is 3.98. The zero-order chi connectivity index (χ0) is 18.8. The molecule has 4 rings (SSSR count). The van der Waals surface area contributed by atoms with E-state index >= 15 is 0 Å². The molecule has 146 valence electrons. The second-order valence-electron chi connectivity index (χ2n) is 7.76. The number of amides is 1. The lowest BCUT2D eigenvalue weighted by molar-refractivity contribution is -0.133. The Kier molecular flexibility index (Phi) is 5.32. The maximum atomic E-state index is 12.8. The van der Waals surface area contributed by atoms with Crippen LogP contribution in [0.4, 0.5) is 5.88 Å². The molecule has 0 spiro atoms. The Labute approximate surface area is 159 Å². The first kappa shape index (κ1) is 18.3. The molecule has 2 saturated heterocycles. The molecule has 1 unspecified atom stereocenters. The van der Waals surface area contributed by atoms with E-state index in [0.29, 0.717) is 62.2 Å². The predicted molar refractivity (Wildman–Crippen MR) is 98.3 cm³/mol. The Hall–Kier alpha value is -2.11. The molecule has 1 aromatic heterocycles. The molecule has 0 aromatic carbocycles. The van der Waals surface area contributed by atoms with Gasteiger partial charge in [0.15, 0.2) is 5.89 Å². The summed E-state index contributed by atoms with van der Waals surface area (Å²) in [6.45, 7) is 7.52. The molecule has 1 aliphatic carbocycles. The molecule has 3 aliphatic rings. The van der Waals surface area contributed by atoms with Crippen LogP contribution in [0.5, 0.6) is 0 Å². The van der Waals surface area contributed by atoms with E-state index in [1.807, 2.05) is 9.80 Å². The van der Waals surface area contributed by atoms with Crippen LogP contribution in [0.15, 0.2) is 4.42 Å². The number of carbonyl (C=O) groups is 1. The summed E-state index contributed by atoms with van der Waals surface area (Å²) in [7, 11) is 0. The van der Waals surface area contributed by atoms with Gasteiger partial charge in [-0.05, 0) is 25.2 Å². The van der Waals surface area contributed by atoms with Gasteiger partial charge in [0, 0.05) is 52.3 Å². The summed E-state index contributed by atoms with van der Waals surface area (Å²) >= 11 is 0. The Balaban J connectivity index is 1.30. The molecule has 27 heavy (non-hydrogen) atoms. The van der Waals surface area contributed by atoms with Crippen LogP contribution in [-0.2, 0) is 9.53 Å².